The molecule has 6 heteroatoms. The van der Waals surface area contributed by atoms with E-state index in [1.165, 1.54) is 11.0 Å². The molecule has 0 spiro atoms. The quantitative estimate of drug-likeness (QED) is 0.829. The summed E-state index contributed by atoms with van der Waals surface area (Å²) < 4.78 is 5.08. The van der Waals surface area contributed by atoms with Crippen molar-refractivity contribution in [1.29, 1.82) is 0 Å². The van der Waals surface area contributed by atoms with E-state index in [0.29, 0.717) is 22.0 Å². The highest BCUT2D eigenvalue weighted by molar-refractivity contribution is 6.32. The summed E-state index contributed by atoms with van der Waals surface area (Å²) in [5.74, 6) is 0.211. The second-order valence-corrected chi connectivity index (χ2v) is 5.90. The van der Waals surface area contributed by atoms with Gasteiger partial charge in [0.05, 0.1) is 12.1 Å². The zero-order chi connectivity index (χ0) is 18.4. The van der Waals surface area contributed by atoms with Crippen LogP contribution in [0.15, 0.2) is 48.5 Å². The topological polar surface area (TPSA) is 58.6 Å². The monoisotopic (exact) mass is 358 g/mol. The first-order chi connectivity index (χ1) is 11.9. The molecule has 0 aliphatic heterocycles. The van der Waals surface area contributed by atoms with Gasteiger partial charge >= 0.3 is 0 Å². The van der Waals surface area contributed by atoms with Crippen LogP contribution in [0.4, 0.5) is 5.69 Å². The summed E-state index contributed by atoms with van der Waals surface area (Å²) in [7, 11) is 4.92. The summed E-state index contributed by atoms with van der Waals surface area (Å²) in [5, 5.41) is 3.21. The van der Waals surface area contributed by atoms with Crippen LogP contribution in [-0.2, 0) is 4.79 Å². The Morgan fingerprint density at radius 2 is 1.80 bits per heavy atom. The number of hydrogen-bond acceptors (Lipinski definition) is 3. The fourth-order valence-electron chi connectivity index (χ4n) is 2.10. The van der Waals surface area contributed by atoms with Gasteiger partial charge < -0.3 is 15.0 Å². The molecule has 0 fully saturated rings. The van der Waals surface area contributed by atoms with Crippen molar-refractivity contribution in [2.45, 2.75) is 0 Å². The van der Waals surface area contributed by atoms with Gasteiger partial charge in [-0.3, -0.25) is 9.59 Å². The summed E-state index contributed by atoms with van der Waals surface area (Å²) in [4.78, 5) is 25.3. The fourth-order valence-corrected chi connectivity index (χ4v) is 2.36. The minimum absolute atomic E-state index is 0.0887. The molecule has 0 saturated carbocycles. The predicted molar refractivity (Wildman–Crippen MR) is 100 cm³/mol. The molecule has 0 heterocycles. The van der Waals surface area contributed by atoms with Crippen molar-refractivity contribution in [3.63, 3.8) is 0 Å². The number of rotatable bonds is 5. The van der Waals surface area contributed by atoms with Crippen LogP contribution in [-0.4, -0.2) is 37.9 Å². The number of amides is 2. The fraction of sp³-hybridized carbons (Fsp3) is 0.158. The number of nitrogens with one attached hydrogen (secondary N) is 1. The van der Waals surface area contributed by atoms with E-state index in [2.05, 4.69) is 5.32 Å². The number of carbonyl (C=O) groups is 2. The van der Waals surface area contributed by atoms with Crippen LogP contribution < -0.4 is 10.1 Å². The molecule has 0 saturated heterocycles. The molecule has 1 N–H and O–H groups in total. The Bertz CT molecular complexity index is 799. The number of methoxy groups -OCH3 is 1. The van der Waals surface area contributed by atoms with E-state index in [0.717, 1.165) is 5.56 Å². The van der Waals surface area contributed by atoms with Crippen molar-refractivity contribution in [3.05, 3.63) is 64.7 Å². The molecular formula is C19H19ClN2O3. The first kappa shape index (κ1) is 18.5. The Balaban J connectivity index is 2.00. The van der Waals surface area contributed by atoms with Gasteiger partial charge in [-0.25, -0.2) is 0 Å². The van der Waals surface area contributed by atoms with Gasteiger partial charge in [0.2, 0.25) is 5.91 Å². The van der Waals surface area contributed by atoms with Crippen molar-refractivity contribution in [1.82, 2.24) is 4.90 Å². The molecule has 130 valence electrons. The first-order valence-electron chi connectivity index (χ1n) is 7.55. The summed E-state index contributed by atoms with van der Waals surface area (Å²) in [6.45, 7) is 0. The Kier molecular flexibility index (Phi) is 6.19. The van der Waals surface area contributed by atoms with Crippen LogP contribution in [0.1, 0.15) is 15.9 Å². The van der Waals surface area contributed by atoms with Gasteiger partial charge in [-0.2, -0.15) is 0 Å². The lowest BCUT2D eigenvalue weighted by Gasteiger charge is -2.10. The standard InChI is InChI=1S/C19H19ClN2O3/c1-22(2)19(24)14-6-8-15(9-7-14)21-18(23)11-5-13-4-10-17(25-3)16(20)12-13/h4-12H,1-3H3,(H,21,23)/b11-5+. The third-order valence-electron chi connectivity index (χ3n) is 3.41. The number of hydrogen-bond donors (Lipinski definition) is 1. The van der Waals surface area contributed by atoms with Crippen molar-refractivity contribution in [2.24, 2.45) is 0 Å². The van der Waals surface area contributed by atoms with E-state index in [1.54, 1.807) is 69.7 Å². The van der Waals surface area contributed by atoms with Gasteiger partial charge in [0.1, 0.15) is 5.75 Å². The van der Waals surface area contributed by atoms with E-state index in [-0.39, 0.29) is 11.8 Å². The molecule has 0 bridgehead atoms. The smallest absolute Gasteiger partial charge is 0.253 e. The molecule has 25 heavy (non-hydrogen) atoms. The molecule has 0 aliphatic rings. The summed E-state index contributed by atoms with van der Waals surface area (Å²) >= 11 is 6.05. The van der Waals surface area contributed by atoms with Crippen molar-refractivity contribution in [3.8, 4) is 5.75 Å². The second kappa shape index (κ2) is 8.35. The second-order valence-electron chi connectivity index (χ2n) is 5.49. The van der Waals surface area contributed by atoms with Crippen LogP contribution in [0, 0.1) is 0 Å². The Hall–Kier alpha value is -2.79. The molecule has 0 unspecified atom stereocenters. The average molecular weight is 359 g/mol. The number of benzene rings is 2. The molecule has 2 rings (SSSR count). The number of anilines is 1. The van der Waals surface area contributed by atoms with Crippen LogP contribution in [0.2, 0.25) is 5.02 Å². The van der Waals surface area contributed by atoms with Gasteiger partial charge in [0, 0.05) is 31.4 Å². The number of halogens is 1. The maximum absolute atomic E-state index is 12.0. The molecular weight excluding hydrogens is 340 g/mol. The molecule has 5 nitrogen and oxygen atoms in total. The lowest BCUT2D eigenvalue weighted by Crippen LogP contribution is -2.21. The van der Waals surface area contributed by atoms with E-state index in [1.807, 2.05) is 0 Å². The van der Waals surface area contributed by atoms with Crippen LogP contribution >= 0.6 is 11.6 Å². The normalized spacial score (nSPS) is 10.6. The zero-order valence-corrected chi connectivity index (χ0v) is 15.0. The van der Waals surface area contributed by atoms with Crippen LogP contribution in [0.25, 0.3) is 6.08 Å². The number of nitrogens with zero attached hydrogens (tertiary/aromatic N) is 1. The predicted octanol–water partition coefficient (Wildman–Crippen LogP) is 3.70. The largest absolute Gasteiger partial charge is 0.495 e. The maximum atomic E-state index is 12.0. The lowest BCUT2D eigenvalue weighted by atomic mass is 10.2. The Morgan fingerprint density at radius 1 is 1.12 bits per heavy atom. The summed E-state index contributed by atoms with van der Waals surface area (Å²) in [6, 6.07) is 12.0. The van der Waals surface area contributed by atoms with Crippen molar-refractivity contribution >= 4 is 35.2 Å². The Labute approximate surface area is 151 Å². The maximum Gasteiger partial charge on any atom is 0.253 e. The minimum atomic E-state index is -0.279. The molecule has 2 amide bonds. The van der Waals surface area contributed by atoms with Crippen molar-refractivity contribution in [2.75, 3.05) is 26.5 Å². The zero-order valence-electron chi connectivity index (χ0n) is 14.2. The molecule has 2 aromatic carbocycles. The molecule has 0 atom stereocenters. The minimum Gasteiger partial charge on any atom is -0.495 e. The molecule has 0 aliphatic carbocycles. The van der Waals surface area contributed by atoms with Crippen LogP contribution in [0.3, 0.4) is 0 Å². The van der Waals surface area contributed by atoms with Gasteiger partial charge in [-0.15, -0.1) is 0 Å². The molecule has 0 radical (unpaired) electrons. The highest BCUT2D eigenvalue weighted by atomic mass is 35.5. The molecule has 0 aromatic heterocycles. The van der Waals surface area contributed by atoms with E-state index in [4.69, 9.17) is 16.3 Å². The third-order valence-corrected chi connectivity index (χ3v) is 3.70. The van der Waals surface area contributed by atoms with E-state index in [9.17, 15) is 9.59 Å². The molecule has 2 aromatic rings. The Morgan fingerprint density at radius 3 is 2.36 bits per heavy atom. The third kappa shape index (κ3) is 5.09. The summed E-state index contributed by atoms with van der Waals surface area (Å²) in [6.07, 6.45) is 3.07. The summed E-state index contributed by atoms with van der Waals surface area (Å²) in [5.41, 5.74) is 1.96. The van der Waals surface area contributed by atoms with E-state index < -0.39 is 0 Å². The van der Waals surface area contributed by atoms with Crippen LogP contribution in [0.5, 0.6) is 5.75 Å². The SMILES string of the molecule is COc1ccc(/C=C/C(=O)Nc2ccc(C(=O)N(C)C)cc2)cc1Cl. The van der Waals surface area contributed by atoms with E-state index >= 15 is 0 Å². The average Bonchev–Trinajstić information content (AvgIpc) is 2.60. The van der Waals surface area contributed by atoms with Gasteiger partial charge in [0.25, 0.3) is 5.91 Å². The number of carbonyl (C=O) groups excluding carboxylic acids is 2. The van der Waals surface area contributed by atoms with Gasteiger partial charge in [0.15, 0.2) is 0 Å². The van der Waals surface area contributed by atoms with Gasteiger partial charge in [-0.1, -0.05) is 17.7 Å². The highest BCUT2D eigenvalue weighted by Crippen LogP contribution is 2.25. The number of ether oxygens (including phenoxy) is 1. The lowest BCUT2D eigenvalue weighted by molar-refractivity contribution is -0.111. The highest BCUT2D eigenvalue weighted by Gasteiger charge is 2.07. The first-order valence-corrected chi connectivity index (χ1v) is 7.93. The van der Waals surface area contributed by atoms with Gasteiger partial charge in [-0.05, 0) is 48.0 Å². The van der Waals surface area contributed by atoms with Crippen molar-refractivity contribution < 1.29 is 14.3 Å².